The molecule has 0 fully saturated rings. The van der Waals surface area contributed by atoms with E-state index in [0.717, 1.165) is 4.57 Å². The molecular weight excluding hydrogens is 339 g/mol. The number of nitrogens with zero attached hydrogens (tertiary/aromatic N) is 2. The highest BCUT2D eigenvalue weighted by molar-refractivity contribution is 6.42. The van der Waals surface area contributed by atoms with Crippen molar-refractivity contribution in [2.24, 2.45) is 7.05 Å². The Kier molecular flexibility index (Phi) is 3.83. The van der Waals surface area contributed by atoms with Crippen molar-refractivity contribution in [1.82, 2.24) is 9.13 Å². The Balaban J connectivity index is 2.27. The third-order valence-electron chi connectivity index (χ3n) is 3.52. The lowest BCUT2D eigenvalue weighted by atomic mass is 10.1. The van der Waals surface area contributed by atoms with Crippen LogP contribution in [0.5, 0.6) is 11.6 Å². The summed E-state index contributed by atoms with van der Waals surface area (Å²) in [7, 11) is 1.54. The quantitative estimate of drug-likeness (QED) is 0.742. The minimum Gasteiger partial charge on any atom is -0.508 e. The van der Waals surface area contributed by atoms with Crippen LogP contribution in [0.2, 0.25) is 10.0 Å². The van der Waals surface area contributed by atoms with E-state index < -0.39 is 5.69 Å². The smallest absolute Gasteiger partial charge is 0.335 e. The van der Waals surface area contributed by atoms with Gasteiger partial charge < -0.3 is 10.2 Å². The second-order valence-electron chi connectivity index (χ2n) is 5.00. The maximum atomic E-state index is 12.5. The molecule has 3 aromatic rings. The monoisotopic (exact) mass is 350 g/mol. The molecule has 0 bridgehead atoms. The van der Waals surface area contributed by atoms with Crippen LogP contribution in [0, 0.1) is 0 Å². The molecule has 0 atom stereocenters. The lowest BCUT2D eigenvalue weighted by Crippen LogP contribution is -2.21. The molecule has 118 valence electrons. The van der Waals surface area contributed by atoms with Crippen molar-refractivity contribution in [3.63, 3.8) is 0 Å². The number of aromatic nitrogens is 2. The van der Waals surface area contributed by atoms with E-state index in [2.05, 4.69) is 0 Å². The molecule has 0 saturated heterocycles. The minimum absolute atomic E-state index is 0.0386. The first kappa shape index (κ1) is 15.5. The Morgan fingerprint density at radius 3 is 2.39 bits per heavy atom. The molecule has 1 aromatic heterocycles. The van der Waals surface area contributed by atoms with Gasteiger partial charge in [0.2, 0.25) is 5.88 Å². The number of phenolic OH excluding ortho intramolecular Hbond substituents is 1. The Bertz CT molecular complexity index is 960. The second-order valence-corrected chi connectivity index (χ2v) is 5.81. The van der Waals surface area contributed by atoms with Crippen LogP contribution in [-0.4, -0.2) is 19.3 Å². The third-order valence-corrected chi connectivity index (χ3v) is 4.26. The van der Waals surface area contributed by atoms with Crippen molar-refractivity contribution in [3.05, 3.63) is 63.0 Å². The zero-order chi connectivity index (χ0) is 16.7. The molecule has 0 amide bonds. The van der Waals surface area contributed by atoms with Crippen molar-refractivity contribution < 1.29 is 10.2 Å². The second kappa shape index (κ2) is 5.68. The van der Waals surface area contributed by atoms with E-state index in [-0.39, 0.29) is 22.3 Å². The van der Waals surface area contributed by atoms with Gasteiger partial charge in [0.05, 0.1) is 15.7 Å². The fourth-order valence-corrected chi connectivity index (χ4v) is 2.72. The van der Waals surface area contributed by atoms with E-state index in [0.29, 0.717) is 16.3 Å². The SMILES string of the molecule is Cn1c(-c2cccc(O)c2)c(O)n(-c2ccc(Cl)c(Cl)c2)c1=O. The van der Waals surface area contributed by atoms with Gasteiger partial charge in [-0.3, -0.25) is 4.57 Å². The third kappa shape index (κ3) is 2.58. The number of hydrogen-bond donors (Lipinski definition) is 2. The predicted molar refractivity (Wildman–Crippen MR) is 89.8 cm³/mol. The number of benzene rings is 2. The zero-order valence-electron chi connectivity index (χ0n) is 12.0. The van der Waals surface area contributed by atoms with Gasteiger partial charge in [0.15, 0.2) is 0 Å². The van der Waals surface area contributed by atoms with Gasteiger partial charge >= 0.3 is 5.69 Å². The molecule has 23 heavy (non-hydrogen) atoms. The van der Waals surface area contributed by atoms with Crippen LogP contribution in [0.4, 0.5) is 0 Å². The normalized spacial score (nSPS) is 10.9. The van der Waals surface area contributed by atoms with Gasteiger partial charge in [-0.1, -0.05) is 35.3 Å². The van der Waals surface area contributed by atoms with Crippen molar-refractivity contribution >= 4 is 23.2 Å². The van der Waals surface area contributed by atoms with E-state index in [1.165, 1.54) is 29.8 Å². The van der Waals surface area contributed by atoms with Crippen molar-refractivity contribution in [1.29, 1.82) is 0 Å². The number of imidazole rings is 1. The Morgan fingerprint density at radius 1 is 1.00 bits per heavy atom. The van der Waals surface area contributed by atoms with E-state index in [9.17, 15) is 15.0 Å². The average molecular weight is 351 g/mol. The number of halogens is 2. The van der Waals surface area contributed by atoms with E-state index >= 15 is 0 Å². The van der Waals surface area contributed by atoms with Crippen LogP contribution in [0.15, 0.2) is 47.3 Å². The van der Waals surface area contributed by atoms with Crippen molar-refractivity contribution in [2.45, 2.75) is 0 Å². The van der Waals surface area contributed by atoms with E-state index in [1.807, 2.05) is 0 Å². The maximum Gasteiger partial charge on any atom is 0.335 e. The van der Waals surface area contributed by atoms with Crippen molar-refractivity contribution in [2.75, 3.05) is 0 Å². The summed E-state index contributed by atoms with van der Waals surface area (Å²) in [5, 5.41) is 20.8. The summed E-state index contributed by atoms with van der Waals surface area (Å²) >= 11 is 11.9. The number of rotatable bonds is 2. The summed E-state index contributed by atoms with van der Waals surface area (Å²) in [4.78, 5) is 12.5. The number of aromatic hydroxyl groups is 2. The Hall–Kier alpha value is -2.37. The van der Waals surface area contributed by atoms with Gasteiger partial charge in [0.1, 0.15) is 11.4 Å². The first-order chi connectivity index (χ1) is 10.9. The average Bonchev–Trinajstić information content (AvgIpc) is 2.72. The molecule has 0 radical (unpaired) electrons. The summed E-state index contributed by atoms with van der Waals surface area (Å²) in [6, 6.07) is 10.9. The van der Waals surface area contributed by atoms with Crippen LogP contribution in [0.25, 0.3) is 16.9 Å². The molecule has 0 saturated carbocycles. The van der Waals surface area contributed by atoms with Gasteiger partial charge in [-0.2, -0.15) is 0 Å². The summed E-state index contributed by atoms with van der Waals surface area (Å²) in [6.45, 7) is 0. The first-order valence-electron chi connectivity index (χ1n) is 6.65. The molecular formula is C16H12Cl2N2O3. The molecule has 0 aliphatic heterocycles. The molecule has 1 heterocycles. The summed E-state index contributed by atoms with van der Waals surface area (Å²) in [5.74, 6) is -0.210. The number of phenols is 1. The van der Waals surface area contributed by atoms with Gasteiger partial charge in [-0.15, -0.1) is 0 Å². The van der Waals surface area contributed by atoms with Crippen molar-refractivity contribution in [3.8, 4) is 28.6 Å². The first-order valence-corrected chi connectivity index (χ1v) is 7.41. The van der Waals surface area contributed by atoms with Gasteiger partial charge in [-0.25, -0.2) is 9.36 Å². The molecule has 3 rings (SSSR count). The maximum absolute atomic E-state index is 12.5. The summed E-state index contributed by atoms with van der Waals surface area (Å²) < 4.78 is 2.42. The van der Waals surface area contributed by atoms with Gasteiger partial charge in [-0.05, 0) is 30.3 Å². The standard InChI is InChI=1S/C16H12Cl2N2O3/c1-19-14(9-3-2-4-11(21)7-9)15(22)20(16(19)23)10-5-6-12(17)13(18)8-10/h2-8,21-22H,1H3. The Morgan fingerprint density at radius 2 is 1.74 bits per heavy atom. The largest absolute Gasteiger partial charge is 0.508 e. The predicted octanol–water partition coefficient (Wildman–Crippen LogP) is 3.56. The highest BCUT2D eigenvalue weighted by Crippen LogP contribution is 2.33. The Labute approximate surface area is 141 Å². The fraction of sp³-hybridized carbons (Fsp3) is 0.0625. The van der Waals surface area contributed by atoms with Crippen LogP contribution in [0.3, 0.4) is 0 Å². The summed E-state index contributed by atoms with van der Waals surface area (Å²) in [6.07, 6.45) is 0. The molecule has 7 heteroatoms. The van der Waals surface area contributed by atoms with Gasteiger partial charge in [0.25, 0.3) is 0 Å². The lowest BCUT2D eigenvalue weighted by Gasteiger charge is -2.06. The molecule has 0 unspecified atom stereocenters. The highest BCUT2D eigenvalue weighted by atomic mass is 35.5. The summed E-state index contributed by atoms with van der Waals surface area (Å²) in [5.41, 5.74) is 0.751. The van der Waals surface area contributed by atoms with Crippen LogP contribution < -0.4 is 5.69 Å². The zero-order valence-corrected chi connectivity index (χ0v) is 13.5. The minimum atomic E-state index is -0.445. The molecule has 5 nitrogen and oxygen atoms in total. The molecule has 0 spiro atoms. The van der Waals surface area contributed by atoms with Gasteiger partial charge in [0, 0.05) is 12.6 Å². The fourth-order valence-electron chi connectivity index (χ4n) is 2.42. The molecule has 2 aromatic carbocycles. The molecule has 0 aliphatic carbocycles. The lowest BCUT2D eigenvalue weighted by molar-refractivity contribution is 0.442. The van der Waals surface area contributed by atoms with Crippen LogP contribution >= 0.6 is 23.2 Å². The molecule has 0 aliphatic rings. The molecule has 2 N–H and O–H groups in total. The van der Waals surface area contributed by atoms with E-state index in [1.54, 1.807) is 24.3 Å². The topological polar surface area (TPSA) is 67.4 Å². The van der Waals surface area contributed by atoms with E-state index in [4.69, 9.17) is 23.2 Å². The van der Waals surface area contributed by atoms with Crippen LogP contribution in [-0.2, 0) is 7.05 Å². The van der Waals surface area contributed by atoms with Crippen LogP contribution in [0.1, 0.15) is 0 Å². The number of hydrogen-bond acceptors (Lipinski definition) is 3. The highest BCUT2D eigenvalue weighted by Gasteiger charge is 2.20.